The average molecular weight is 330 g/mol. The third-order valence-electron chi connectivity index (χ3n) is 2.88. The highest BCUT2D eigenvalue weighted by molar-refractivity contribution is 5.86. The number of carbonyl (C=O) groups is 1. The summed E-state index contributed by atoms with van der Waals surface area (Å²) >= 11 is 0. The average Bonchev–Trinajstić information content (AvgIpc) is 2.87. The molecule has 0 fully saturated rings. The molecule has 0 saturated carbocycles. The highest BCUT2D eigenvalue weighted by Gasteiger charge is 2.15. The fraction of sp³-hybridized carbons (Fsp3) is 0.375. The minimum atomic E-state index is -0.542. The van der Waals surface area contributed by atoms with Crippen molar-refractivity contribution in [3.8, 4) is 11.8 Å². The van der Waals surface area contributed by atoms with E-state index in [4.69, 9.17) is 4.74 Å². The lowest BCUT2D eigenvalue weighted by molar-refractivity contribution is -0.384. The summed E-state index contributed by atoms with van der Waals surface area (Å²) in [5.41, 5.74) is 0.556. The van der Waals surface area contributed by atoms with Gasteiger partial charge in [0.1, 0.15) is 11.3 Å². The number of alkyl carbamates (subject to hydrolysis) is 1. The number of fused-ring (bicyclic) bond motifs is 1. The van der Waals surface area contributed by atoms with Crippen molar-refractivity contribution in [2.45, 2.75) is 32.8 Å². The van der Waals surface area contributed by atoms with Gasteiger partial charge in [-0.1, -0.05) is 5.92 Å². The lowest BCUT2D eigenvalue weighted by Gasteiger charge is -2.19. The number of hydrogen-bond acceptors (Lipinski definition) is 5. The fourth-order valence-electron chi connectivity index (χ4n) is 1.90. The summed E-state index contributed by atoms with van der Waals surface area (Å²) in [6.07, 6.45) is -0.0822. The van der Waals surface area contributed by atoms with Crippen LogP contribution >= 0.6 is 0 Å². The number of ether oxygens (including phenoxy) is 1. The zero-order valence-electron chi connectivity index (χ0n) is 13.7. The SMILES string of the molecule is CC(C)(C)OC(=O)NCCC#Cc1[nH]nc2ccc([N+](=O)[O-])cc12. The number of nitro benzene ring substituents is 1. The Morgan fingerprint density at radius 3 is 2.88 bits per heavy atom. The van der Waals surface area contributed by atoms with Gasteiger partial charge in [-0.3, -0.25) is 15.2 Å². The number of nitrogens with zero attached hydrogens (tertiary/aromatic N) is 2. The largest absolute Gasteiger partial charge is 0.444 e. The second kappa shape index (κ2) is 7.00. The number of non-ortho nitro benzene ring substituents is 1. The van der Waals surface area contributed by atoms with Crippen molar-refractivity contribution in [2.75, 3.05) is 6.54 Å². The molecular weight excluding hydrogens is 312 g/mol. The van der Waals surface area contributed by atoms with Crippen LogP contribution in [0.25, 0.3) is 10.9 Å². The van der Waals surface area contributed by atoms with E-state index in [1.54, 1.807) is 26.8 Å². The first-order valence-corrected chi connectivity index (χ1v) is 7.34. The minimum absolute atomic E-state index is 0.0152. The number of H-pyrrole nitrogens is 1. The summed E-state index contributed by atoms with van der Waals surface area (Å²) in [7, 11) is 0. The third kappa shape index (κ3) is 4.71. The zero-order chi connectivity index (χ0) is 17.7. The first kappa shape index (κ1) is 17.3. The molecule has 0 spiro atoms. The highest BCUT2D eigenvalue weighted by Crippen LogP contribution is 2.21. The molecule has 0 aliphatic heterocycles. The number of aromatic nitrogens is 2. The first-order chi connectivity index (χ1) is 11.3. The molecule has 0 saturated heterocycles. The molecule has 2 aromatic rings. The quantitative estimate of drug-likeness (QED) is 0.389. The van der Waals surface area contributed by atoms with Crippen LogP contribution in [-0.2, 0) is 4.74 Å². The van der Waals surface area contributed by atoms with E-state index in [-0.39, 0.29) is 5.69 Å². The van der Waals surface area contributed by atoms with Gasteiger partial charge in [-0.25, -0.2) is 4.79 Å². The lowest BCUT2D eigenvalue weighted by atomic mass is 10.2. The predicted molar refractivity (Wildman–Crippen MR) is 88.5 cm³/mol. The number of carbonyl (C=O) groups excluding carboxylic acids is 1. The Morgan fingerprint density at radius 1 is 1.46 bits per heavy atom. The van der Waals surface area contributed by atoms with Gasteiger partial charge in [0.05, 0.1) is 10.4 Å². The van der Waals surface area contributed by atoms with Gasteiger partial charge < -0.3 is 10.1 Å². The van der Waals surface area contributed by atoms with Crippen molar-refractivity contribution in [3.05, 3.63) is 34.0 Å². The second-order valence-corrected chi connectivity index (χ2v) is 6.04. The molecule has 8 nitrogen and oxygen atoms in total. The Morgan fingerprint density at radius 2 is 2.21 bits per heavy atom. The molecule has 1 aromatic carbocycles. The maximum atomic E-state index is 11.5. The molecular formula is C16H18N4O4. The standard InChI is InChI=1S/C16H18N4O4/c1-16(2,3)24-15(21)17-9-5-4-6-13-12-10-11(20(22)23)7-8-14(12)19-18-13/h7-8,10H,5,9H2,1-3H3,(H,17,21)(H,18,19). The van der Waals surface area contributed by atoms with Gasteiger partial charge in [0, 0.05) is 30.5 Å². The van der Waals surface area contributed by atoms with E-state index < -0.39 is 16.6 Å². The lowest BCUT2D eigenvalue weighted by Crippen LogP contribution is -2.32. The van der Waals surface area contributed by atoms with Crippen molar-refractivity contribution in [3.63, 3.8) is 0 Å². The minimum Gasteiger partial charge on any atom is -0.444 e. The van der Waals surface area contributed by atoms with Crippen LogP contribution in [0, 0.1) is 22.0 Å². The Balaban J connectivity index is 1.96. The normalized spacial score (nSPS) is 10.8. The van der Waals surface area contributed by atoms with Gasteiger partial charge in [-0.2, -0.15) is 5.10 Å². The van der Waals surface area contributed by atoms with Gasteiger partial charge in [-0.15, -0.1) is 0 Å². The second-order valence-electron chi connectivity index (χ2n) is 6.04. The number of rotatable bonds is 3. The van der Waals surface area contributed by atoms with Gasteiger partial charge >= 0.3 is 6.09 Å². The number of aromatic amines is 1. The number of hydrogen-bond donors (Lipinski definition) is 2. The van der Waals surface area contributed by atoms with Crippen LogP contribution in [0.4, 0.5) is 10.5 Å². The summed E-state index contributed by atoms with van der Waals surface area (Å²) in [6.45, 7) is 5.70. The molecule has 0 radical (unpaired) electrons. The Hall–Kier alpha value is -3.08. The molecule has 2 N–H and O–H groups in total. The Labute approximate surface area is 138 Å². The third-order valence-corrected chi connectivity index (χ3v) is 2.88. The molecule has 1 heterocycles. The van der Waals surface area contributed by atoms with Crippen LogP contribution in [0.2, 0.25) is 0 Å². The van der Waals surface area contributed by atoms with Crippen molar-refractivity contribution in [1.29, 1.82) is 0 Å². The van der Waals surface area contributed by atoms with Crippen molar-refractivity contribution in [2.24, 2.45) is 0 Å². The van der Waals surface area contributed by atoms with Gasteiger partial charge in [-0.05, 0) is 32.8 Å². The van der Waals surface area contributed by atoms with Crippen molar-refractivity contribution in [1.82, 2.24) is 15.5 Å². The number of amides is 1. The summed E-state index contributed by atoms with van der Waals surface area (Å²) < 4.78 is 5.11. The van der Waals surface area contributed by atoms with E-state index in [1.807, 2.05) is 0 Å². The number of nitro groups is 1. The monoisotopic (exact) mass is 330 g/mol. The van der Waals surface area contributed by atoms with Crippen LogP contribution in [0.1, 0.15) is 32.9 Å². The topological polar surface area (TPSA) is 110 Å². The Kier molecular flexibility index (Phi) is 5.04. The van der Waals surface area contributed by atoms with Gasteiger partial charge in [0.25, 0.3) is 5.69 Å². The van der Waals surface area contributed by atoms with Crippen LogP contribution in [0.15, 0.2) is 18.2 Å². The molecule has 0 unspecified atom stereocenters. The van der Waals surface area contributed by atoms with E-state index in [0.29, 0.717) is 29.6 Å². The molecule has 1 amide bonds. The summed E-state index contributed by atoms with van der Waals surface area (Å²) in [5, 5.41) is 20.8. The summed E-state index contributed by atoms with van der Waals surface area (Å²) in [6, 6.07) is 4.39. The van der Waals surface area contributed by atoms with Crippen molar-refractivity contribution >= 4 is 22.7 Å². The molecule has 0 atom stereocenters. The van der Waals surface area contributed by atoms with Crippen LogP contribution in [0.3, 0.4) is 0 Å². The molecule has 2 rings (SSSR count). The smallest absolute Gasteiger partial charge is 0.407 e. The number of nitrogens with one attached hydrogen (secondary N) is 2. The summed E-state index contributed by atoms with van der Waals surface area (Å²) in [5.74, 6) is 5.76. The molecule has 0 aliphatic rings. The van der Waals surface area contributed by atoms with E-state index in [2.05, 4.69) is 27.4 Å². The maximum absolute atomic E-state index is 11.5. The van der Waals surface area contributed by atoms with Crippen molar-refractivity contribution < 1.29 is 14.5 Å². The molecule has 8 heteroatoms. The van der Waals surface area contributed by atoms with Gasteiger partial charge in [0.2, 0.25) is 0 Å². The van der Waals surface area contributed by atoms with Crippen LogP contribution < -0.4 is 5.32 Å². The number of benzene rings is 1. The zero-order valence-corrected chi connectivity index (χ0v) is 13.7. The molecule has 126 valence electrons. The first-order valence-electron chi connectivity index (χ1n) is 7.34. The van der Waals surface area contributed by atoms with E-state index in [9.17, 15) is 14.9 Å². The van der Waals surface area contributed by atoms with E-state index in [1.165, 1.54) is 12.1 Å². The summed E-state index contributed by atoms with van der Waals surface area (Å²) in [4.78, 5) is 21.8. The maximum Gasteiger partial charge on any atom is 0.407 e. The van der Waals surface area contributed by atoms with E-state index >= 15 is 0 Å². The van der Waals surface area contributed by atoms with Crippen LogP contribution in [0.5, 0.6) is 0 Å². The van der Waals surface area contributed by atoms with Crippen LogP contribution in [-0.4, -0.2) is 33.4 Å². The van der Waals surface area contributed by atoms with E-state index in [0.717, 1.165) is 0 Å². The molecule has 0 bridgehead atoms. The molecule has 0 aliphatic carbocycles. The molecule has 1 aromatic heterocycles. The molecule has 24 heavy (non-hydrogen) atoms. The fourth-order valence-corrected chi connectivity index (χ4v) is 1.90. The highest BCUT2D eigenvalue weighted by atomic mass is 16.6. The van der Waals surface area contributed by atoms with Gasteiger partial charge in [0.15, 0.2) is 0 Å². The predicted octanol–water partition coefficient (Wildman–Crippen LogP) is 2.74. The Bertz CT molecular complexity index is 824.